The Morgan fingerprint density at radius 2 is 1.89 bits per heavy atom. The first-order chi connectivity index (χ1) is 8.94. The topological polar surface area (TPSA) is 79.2 Å². The van der Waals surface area contributed by atoms with Crippen LogP contribution in [-0.2, 0) is 9.47 Å². The van der Waals surface area contributed by atoms with Crippen molar-refractivity contribution in [1.82, 2.24) is 0 Å². The Kier molecular flexibility index (Phi) is 5.44. The maximum absolute atomic E-state index is 10.4. The molecule has 2 saturated heterocycles. The van der Waals surface area contributed by atoms with Crippen LogP contribution in [0.3, 0.4) is 0 Å². The fraction of sp³-hybridized carbons (Fsp3) is 1.00. The molecule has 0 aromatic rings. The summed E-state index contributed by atoms with van der Waals surface area (Å²) < 4.78 is 11.5. The van der Waals surface area contributed by atoms with E-state index in [1.54, 1.807) is 37.4 Å². The van der Waals surface area contributed by atoms with Crippen molar-refractivity contribution in [3.63, 3.8) is 0 Å². The Bertz CT molecular complexity index is 296. The summed E-state index contributed by atoms with van der Waals surface area (Å²) in [6.07, 6.45) is -2.08. The Balaban J connectivity index is 2.12. The molecule has 0 aromatic heterocycles. The predicted molar refractivity (Wildman–Crippen MR) is 76.2 cm³/mol. The zero-order chi connectivity index (χ0) is 14.0. The van der Waals surface area contributed by atoms with E-state index in [-0.39, 0.29) is 4.58 Å². The van der Waals surface area contributed by atoms with E-state index in [4.69, 9.17) is 14.6 Å². The lowest BCUT2D eigenvalue weighted by Gasteiger charge is -2.47. The normalized spacial score (nSPS) is 38.1. The van der Waals surface area contributed by atoms with Crippen LogP contribution in [0, 0.1) is 0 Å². The van der Waals surface area contributed by atoms with Crippen LogP contribution in [0.15, 0.2) is 0 Å². The van der Waals surface area contributed by atoms with Gasteiger partial charge in [0.15, 0.2) is 5.79 Å². The summed E-state index contributed by atoms with van der Waals surface area (Å²) in [5.74, 6) is 1.24. The van der Waals surface area contributed by atoms with Gasteiger partial charge in [-0.3, -0.25) is 0 Å². The van der Waals surface area contributed by atoms with Crippen LogP contribution >= 0.6 is 23.5 Å². The van der Waals surface area contributed by atoms with Crippen molar-refractivity contribution in [2.45, 2.75) is 55.1 Å². The maximum Gasteiger partial charge on any atom is 0.163 e. The van der Waals surface area contributed by atoms with Crippen molar-refractivity contribution >= 4 is 23.5 Å². The van der Waals surface area contributed by atoms with Crippen molar-refractivity contribution in [3.8, 4) is 0 Å². The first kappa shape index (κ1) is 15.9. The minimum Gasteiger partial charge on any atom is -0.394 e. The van der Waals surface area contributed by atoms with E-state index in [9.17, 15) is 10.2 Å². The summed E-state index contributed by atoms with van der Waals surface area (Å²) in [6.45, 7) is 3.09. The monoisotopic (exact) mass is 310 g/mol. The van der Waals surface area contributed by atoms with Gasteiger partial charge in [0.05, 0.1) is 11.2 Å². The summed E-state index contributed by atoms with van der Waals surface area (Å²) in [6, 6.07) is 0. The van der Waals surface area contributed by atoms with E-state index in [0.29, 0.717) is 0 Å². The van der Waals surface area contributed by atoms with Crippen LogP contribution in [0.25, 0.3) is 0 Å². The Labute approximate surface area is 122 Å². The largest absolute Gasteiger partial charge is 0.394 e. The van der Waals surface area contributed by atoms with Crippen LogP contribution < -0.4 is 0 Å². The Hall–Kier alpha value is 0.500. The van der Waals surface area contributed by atoms with Gasteiger partial charge in [0, 0.05) is 0 Å². The second-order valence-corrected chi connectivity index (χ2v) is 8.07. The van der Waals surface area contributed by atoms with Crippen molar-refractivity contribution in [2.24, 2.45) is 0 Å². The van der Waals surface area contributed by atoms with Crippen LogP contribution in [0.4, 0.5) is 0 Å². The number of rotatable bonds is 3. The standard InChI is InChI=1S/C12H22O5S2/c1-12(2)16-9(7(14)6-13)8(15)10(17-12)11-18-4-3-5-19-11/h7-11,13-15H,3-6H2,1-2H3/t7-,8+,9+,10+/m1/s1. The molecule has 2 aliphatic heterocycles. The summed E-state index contributed by atoms with van der Waals surface area (Å²) in [5, 5.41) is 29.2. The maximum atomic E-state index is 10.4. The number of hydrogen-bond acceptors (Lipinski definition) is 7. The zero-order valence-electron chi connectivity index (χ0n) is 11.2. The second kappa shape index (κ2) is 6.51. The van der Waals surface area contributed by atoms with Gasteiger partial charge < -0.3 is 24.8 Å². The van der Waals surface area contributed by atoms with Crippen molar-refractivity contribution < 1.29 is 24.8 Å². The van der Waals surface area contributed by atoms with Crippen LogP contribution in [0.1, 0.15) is 20.3 Å². The first-order valence-electron chi connectivity index (χ1n) is 6.50. The Morgan fingerprint density at radius 1 is 1.26 bits per heavy atom. The molecule has 2 aliphatic rings. The molecular formula is C12H22O5S2. The summed E-state index contributed by atoms with van der Waals surface area (Å²) in [5.41, 5.74) is 0. The van der Waals surface area contributed by atoms with Gasteiger partial charge >= 0.3 is 0 Å². The second-order valence-electron chi connectivity index (χ2n) is 5.27. The molecule has 112 valence electrons. The van der Waals surface area contributed by atoms with E-state index >= 15 is 0 Å². The van der Waals surface area contributed by atoms with Gasteiger partial charge in [-0.1, -0.05) is 0 Å². The molecule has 4 atom stereocenters. The van der Waals surface area contributed by atoms with Crippen molar-refractivity contribution in [1.29, 1.82) is 0 Å². The molecule has 3 N–H and O–H groups in total. The molecule has 2 fully saturated rings. The molecule has 0 unspecified atom stereocenters. The highest BCUT2D eigenvalue weighted by molar-refractivity contribution is 8.17. The highest BCUT2D eigenvalue weighted by Crippen LogP contribution is 2.40. The van der Waals surface area contributed by atoms with Gasteiger partial charge in [0.1, 0.15) is 24.4 Å². The highest BCUT2D eigenvalue weighted by Gasteiger charge is 2.48. The Morgan fingerprint density at radius 3 is 2.47 bits per heavy atom. The molecule has 0 aliphatic carbocycles. The van der Waals surface area contributed by atoms with E-state index in [0.717, 1.165) is 17.9 Å². The van der Waals surface area contributed by atoms with E-state index in [1.165, 1.54) is 0 Å². The molecule has 0 saturated carbocycles. The molecule has 0 bridgehead atoms. The van der Waals surface area contributed by atoms with Gasteiger partial charge in [0.2, 0.25) is 0 Å². The molecular weight excluding hydrogens is 288 g/mol. The van der Waals surface area contributed by atoms with Gasteiger partial charge in [-0.2, -0.15) is 0 Å². The molecule has 0 aromatic carbocycles. The van der Waals surface area contributed by atoms with Crippen LogP contribution in [0.5, 0.6) is 0 Å². The highest BCUT2D eigenvalue weighted by atomic mass is 32.2. The number of ether oxygens (including phenoxy) is 2. The predicted octanol–water partition coefficient (Wildman–Crippen LogP) is 0.417. The molecule has 19 heavy (non-hydrogen) atoms. The summed E-state index contributed by atoms with van der Waals surface area (Å²) >= 11 is 3.55. The number of aliphatic hydroxyl groups is 3. The number of aliphatic hydroxyl groups excluding tert-OH is 3. The molecule has 7 heteroatoms. The van der Waals surface area contributed by atoms with Crippen molar-refractivity contribution in [2.75, 3.05) is 18.1 Å². The zero-order valence-corrected chi connectivity index (χ0v) is 12.8. The number of hydrogen-bond donors (Lipinski definition) is 3. The molecule has 0 radical (unpaired) electrons. The van der Waals surface area contributed by atoms with Gasteiger partial charge in [-0.05, 0) is 31.8 Å². The molecule has 5 nitrogen and oxygen atoms in total. The summed E-state index contributed by atoms with van der Waals surface area (Å²) in [7, 11) is 0. The third-order valence-electron chi connectivity index (χ3n) is 3.20. The SMILES string of the molecule is CC1(C)O[C@@H]([C@H](O)CO)[C@H](O)[C@@H](C2SCCCS2)O1. The molecule has 2 rings (SSSR count). The number of thioether (sulfide) groups is 2. The lowest BCUT2D eigenvalue weighted by Crippen LogP contribution is -2.61. The molecule has 2 heterocycles. The van der Waals surface area contributed by atoms with Gasteiger partial charge in [-0.15, -0.1) is 23.5 Å². The quantitative estimate of drug-likeness (QED) is 0.697. The van der Waals surface area contributed by atoms with Gasteiger partial charge in [-0.25, -0.2) is 0 Å². The van der Waals surface area contributed by atoms with Crippen LogP contribution in [0.2, 0.25) is 0 Å². The smallest absolute Gasteiger partial charge is 0.163 e. The summed E-state index contributed by atoms with van der Waals surface area (Å²) in [4.78, 5) is 0. The fourth-order valence-electron chi connectivity index (χ4n) is 2.33. The third kappa shape index (κ3) is 3.78. The molecule has 0 amide bonds. The lowest BCUT2D eigenvalue weighted by atomic mass is 10.0. The average molecular weight is 310 g/mol. The minimum absolute atomic E-state index is 0.139. The van der Waals surface area contributed by atoms with Crippen LogP contribution in [-0.4, -0.2) is 68.2 Å². The van der Waals surface area contributed by atoms with Crippen molar-refractivity contribution in [3.05, 3.63) is 0 Å². The van der Waals surface area contributed by atoms with E-state index in [2.05, 4.69) is 0 Å². The first-order valence-corrected chi connectivity index (χ1v) is 8.60. The average Bonchev–Trinajstić information content (AvgIpc) is 2.41. The minimum atomic E-state index is -1.10. The lowest BCUT2D eigenvalue weighted by molar-refractivity contribution is -0.342. The molecule has 0 spiro atoms. The van der Waals surface area contributed by atoms with E-state index in [1.807, 2.05) is 0 Å². The third-order valence-corrected chi connectivity index (χ3v) is 6.26. The van der Waals surface area contributed by atoms with Gasteiger partial charge in [0.25, 0.3) is 0 Å². The van der Waals surface area contributed by atoms with E-state index < -0.39 is 36.8 Å². The fourth-order valence-corrected chi connectivity index (χ4v) is 5.38.